The van der Waals surface area contributed by atoms with Crippen LogP contribution in [0.25, 0.3) is 0 Å². The number of imide groups is 1. The van der Waals surface area contributed by atoms with Gasteiger partial charge in [0.05, 0.1) is 11.8 Å². The topological polar surface area (TPSA) is 262 Å². The number of unbranched alkanes of at least 4 members (excludes halogenated alkanes) is 2. The summed E-state index contributed by atoms with van der Waals surface area (Å²) in [5.41, 5.74) is 6.65. The molecule has 0 saturated carbocycles. The highest BCUT2D eigenvalue weighted by Gasteiger charge is 2.44. The molecule has 18 heteroatoms. The quantitative estimate of drug-likeness (QED) is 0.0582. The van der Waals surface area contributed by atoms with E-state index >= 15 is 4.79 Å². The third-order valence-corrected chi connectivity index (χ3v) is 12.7. The molecule has 0 bridgehead atoms. The van der Waals surface area contributed by atoms with Gasteiger partial charge in [-0.3, -0.25) is 34.1 Å². The number of rotatable bonds is 26. The number of carbonyl (C=O) groups is 8. The zero-order chi connectivity index (χ0) is 50.8. The molecule has 380 valence electrons. The maximum atomic E-state index is 15.1. The van der Waals surface area contributed by atoms with E-state index in [1.807, 2.05) is 46.4 Å². The summed E-state index contributed by atoms with van der Waals surface area (Å²) in [6.07, 6.45) is 5.71. The molecule has 2 aliphatic heterocycles. The molecular weight excluding hydrogens is 881 g/mol. The van der Waals surface area contributed by atoms with E-state index < -0.39 is 65.3 Å². The number of primary amides is 1. The highest BCUT2D eigenvalue weighted by Crippen LogP contribution is 2.39. The first-order valence-electron chi connectivity index (χ1n) is 24.7. The number of hydrogen-bond acceptors (Lipinski definition) is 9. The van der Waals surface area contributed by atoms with Crippen molar-refractivity contribution in [2.24, 2.45) is 28.9 Å². The van der Waals surface area contributed by atoms with Crippen molar-refractivity contribution in [3.8, 4) is 0 Å². The van der Waals surface area contributed by atoms with Gasteiger partial charge in [0.2, 0.25) is 35.4 Å². The van der Waals surface area contributed by atoms with Gasteiger partial charge in [0.25, 0.3) is 0 Å². The van der Waals surface area contributed by atoms with Crippen LogP contribution in [0.1, 0.15) is 124 Å². The smallest absolute Gasteiger partial charge is 0.322 e. The molecule has 69 heavy (non-hydrogen) atoms. The molecule has 0 radical (unpaired) electrons. The molecule has 2 aromatic carbocycles. The summed E-state index contributed by atoms with van der Waals surface area (Å²) in [5, 5.41) is 22.4. The van der Waals surface area contributed by atoms with Crippen molar-refractivity contribution in [1.29, 1.82) is 0 Å². The summed E-state index contributed by atoms with van der Waals surface area (Å²) in [6.45, 7) is 18.2. The Morgan fingerprint density at radius 3 is 1.88 bits per heavy atom. The molecule has 10 amide bonds. The molecule has 2 saturated heterocycles. The fourth-order valence-corrected chi connectivity index (χ4v) is 9.06. The molecule has 2 fully saturated rings. The van der Waals surface area contributed by atoms with Crippen LogP contribution < -0.4 is 48.3 Å². The van der Waals surface area contributed by atoms with Crippen molar-refractivity contribution < 1.29 is 38.4 Å². The van der Waals surface area contributed by atoms with Crippen LogP contribution in [0.3, 0.4) is 0 Å². The Labute approximate surface area is 408 Å². The van der Waals surface area contributed by atoms with E-state index in [1.165, 1.54) is 0 Å². The Hall–Kier alpha value is -6.04. The number of nitrogens with two attached hydrogens (primary N) is 1. The number of hydrogen-bond donors (Lipinski definition) is 9. The minimum absolute atomic E-state index is 0.0189. The third-order valence-electron chi connectivity index (χ3n) is 12.7. The fraction of sp³-hybridized carbons (Fsp3) is 0.608. The van der Waals surface area contributed by atoms with E-state index in [-0.39, 0.29) is 55.3 Å². The van der Waals surface area contributed by atoms with Crippen molar-refractivity contribution in [2.75, 3.05) is 30.3 Å². The lowest BCUT2D eigenvalue weighted by atomic mass is 9.67. The van der Waals surface area contributed by atoms with Crippen molar-refractivity contribution in [2.45, 2.75) is 156 Å². The Morgan fingerprint density at radius 2 is 1.32 bits per heavy atom. The lowest BCUT2D eigenvalue weighted by Gasteiger charge is -2.39. The lowest BCUT2D eigenvalue weighted by Crippen LogP contribution is -2.59. The van der Waals surface area contributed by atoms with Gasteiger partial charge >= 0.3 is 12.1 Å². The van der Waals surface area contributed by atoms with E-state index in [1.54, 1.807) is 48.5 Å². The van der Waals surface area contributed by atoms with Gasteiger partial charge < -0.3 is 47.9 Å². The maximum Gasteiger partial charge on any atom is 0.322 e. The fourth-order valence-electron chi connectivity index (χ4n) is 9.06. The second-order valence-corrected chi connectivity index (χ2v) is 20.2. The summed E-state index contributed by atoms with van der Waals surface area (Å²) in [5.74, 6) is -2.79. The number of nitrogens with one attached hydrogen (secondary N) is 8. The minimum atomic E-state index is -1.15. The van der Waals surface area contributed by atoms with Gasteiger partial charge in [-0.25, -0.2) is 9.59 Å². The van der Waals surface area contributed by atoms with E-state index in [0.29, 0.717) is 48.9 Å². The summed E-state index contributed by atoms with van der Waals surface area (Å²) in [7, 11) is 0. The molecule has 4 rings (SSSR count). The average molecular weight is 959 g/mol. The van der Waals surface area contributed by atoms with Gasteiger partial charge in [-0.2, -0.15) is 0 Å². The highest BCUT2D eigenvalue weighted by molar-refractivity contribution is 6.05. The number of amides is 10. The average Bonchev–Trinajstić information content (AvgIpc) is 3.82. The van der Waals surface area contributed by atoms with Crippen molar-refractivity contribution in [1.82, 2.24) is 36.8 Å². The van der Waals surface area contributed by atoms with Crippen LogP contribution in [0.5, 0.6) is 0 Å². The Bertz CT molecular complexity index is 2050. The minimum Gasteiger partial charge on any atom is -0.351 e. The molecule has 2 aliphatic rings. The zero-order valence-electron chi connectivity index (χ0n) is 41.9. The Kier molecular flexibility index (Phi) is 21.5. The Morgan fingerprint density at radius 1 is 0.725 bits per heavy atom. The molecular formula is C51H78N10O8. The van der Waals surface area contributed by atoms with E-state index in [4.69, 9.17) is 5.73 Å². The van der Waals surface area contributed by atoms with Crippen LogP contribution in [0, 0.1) is 23.2 Å². The number of benzene rings is 2. The predicted molar refractivity (Wildman–Crippen MR) is 267 cm³/mol. The van der Waals surface area contributed by atoms with Crippen molar-refractivity contribution >= 4 is 58.9 Å². The van der Waals surface area contributed by atoms with Gasteiger partial charge in [-0.05, 0) is 105 Å². The van der Waals surface area contributed by atoms with Crippen molar-refractivity contribution in [3.05, 3.63) is 59.7 Å². The van der Waals surface area contributed by atoms with Crippen LogP contribution in [0.15, 0.2) is 48.5 Å². The van der Waals surface area contributed by atoms with Crippen molar-refractivity contribution in [3.63, 3.8) is 0 Å². The second kappa shape index (κ2) is 26.6. The summed E-state index contributed by atoms with van der Waals surface area (Å²) in [4.78, 5) is 108. The largest absolute Gasteiger partial charge is 0.351 e. The molecule has 0 aromatic heterocycles. The summed E-state index contributed by atoms with van der Waals surface area (Å²) >= 11 is 0. The van der Waals surface area contributed by atoms with Crippen LogP contribution >= 0.6 is 0 Å². The van der Waals surface area contributed by atoms with Crippen LogP contribution in [0.4, 0.5) is 21.0 Å². The van der Waals surface area contributed by atoms with E-state index in [9.17, 15) is 33.6 Å². The first-order valence-corrected chi connectivity index (χ1v) is 24.7. The Balaban J connectivity index is 1.61. The highest BCUT2D eigenvalue weighted by atomic mass is 16.2. The zero-order valence-corrected chi connectivity index (χ0v) is 41.9. The summed E-state index contributed by atoms with van der Waals surface area (Å²) in [6, 6.07) is 8.70. The molecule has 0 spiro atoms. The SMILES string of the molecule is CC(C)C[C@H](NC(=O)[C@@H](Cc1ccc(NC(N)=O)cc1)NC(=O)C(Cc1ccc(NC(=O)[C@@H]2CC(=O)NC(=O)N2)cc1)(CC(C)C)C(C)C)C(=O)N[C@@H](CCCCCNC(C)C)C(=O)N1CCCC1. The lowest BCUT2D eigenvalue weighted by molar-refractivity contribution is -0.140. The number of likely N-dealkylation sites (tertiary alicyclic amines) is 1. The molecule has 2 aromatic rings. The number of carbonyl (C=O) groups excluding carboxylic acids is 8. The molecule has 0 aliphatic carbocycles. The second-order valence-electron chi connectivity index (χ2n) is 20.2. The number of urea groups is 2. The van der Waals surface area contributed by atoms with E-state index in [2.05, 4.69) is 56.4 Å². The van der Waals surface area contributed by atoms with Gasteiger partial charge in [0.1, 0.15) is 24.2 Å². The van der Waals surface area contributed by atoms with Gasteiger partial charge in [-0.15, -0.1) is 0 Å². The van der Waals surface area contributed by atoms with Crippen LogP contribution in [-0.4, -0.2) is 102 Å². The molecule has 2 heterocycles. The van der Waals surface area contributed by atoms with Gasteiger partial charge in [-0.1, -0.05) is 92.5 Å². The first kappa shape index (κ1) is 55.6. The number of nitrogens with zero attached hydrogens (tertiary/aromatic N) is 1. The normalized spacial score (nSPS) is 17.1. The first-order chi connectivity index (χ1) is 32.6. The van der Waals surface area contributed by atoms with Crippen LogP contribution in [0.2, 0.25) is 0 Å². The maximum absolute atomic E-state index is 15.1. The van der Waals surface area contributed by atoms with Gasteiger partial charge in [0, 0.05) is 36.9 Å². The third kappa shape index (κ3) is 17.8. The summed E-state index contributed by atoms with van der Waals surface area (Å²) < 4.78 is 0. The predicted octanol–water partition coefficient (Wildman–Crippen LogP) is 4.87. The number of anilines is 2. The van der Waals surface area contributed by atoms with Gasteiger partial charge in [0.15, 0.2) is 0 Å². The molecule has 10 N–H and O–H groups in total. The van der Waals surface area contributed by atoms with Crippen LogP contribution in [-0.2, 0) is 41.6 Å². The molecule has 5 atom stereocenters. The standard InChI is InChI=1S/C51H78N10O8/c1-31(2)26-40(45(64)56-39(47(66)61-24-12-13-25-61)14-10-9-11-23-53-34(7)8)57-46(65)41(27-35-15-19-38(20-16-35)55-49(52)68)58-48(67)51(33(5)6,29-32(3)4)30-36-17-21-37(22-18-36)54-44(63)42-28-43(62)60-50(69)59-42/h15-22,31-34,39-42,53H,9-14,23-30H2,1-8H3,(H,54,63)(H,56,64)(H,57,65)(H,58,67)(H3,52,55,68)(H2,59,60,62,69)/t39-,40-,41+,42-,51?/m0/s1. The monoisotopic (exact) mass is 959 g/mol. The van der Waals surface area contributed by atoms with E-state index in [0.717, 1.165) is 44.2 Å². The molecule has 18 nitrogen and oxygen atoms in total. The molecule has 1 unspecified atom stereocenters.